The van der Waals surface area contributed by atoms with Gasteiger partial charge in [0, 0.05) is 49.6 Å². The highest BCUT2D eigenvalue weighted by molar-refractivity contribution is 5.99. The van der Waals surface area contributed by atoms with Crippen LogP contribution >= 0.6 is 0 Å². The van der Waals surface area contributed by atoms with Gasteiger partial charge in [0.2, 0.25) is 0 Å². The molecule has 1 unspecified atom stereocenters. The van der Waals surface area contributed by atoms with Crippen LogP contribution in [0, 0.1) is 6.92 Å². The number of piperidine rings is 1. The number of rotatable bonds is 6. The van der Waals surface area contributed by atoms with Crippen LogP contribution in [0.2, 0.25) is 0 Å². The first-order valence-corrected chi connectivity index (χ1v) is 13.8. The molecule has 2 saturated heterocycles. The third-order valence-electron chi connectivity index (χ3n) is 8.84. The van der Waals surface area contributed by atoms with Gasteiger partial charge in [-0.2, -0.15) is 13.2 Å². The number of benzene rings is 1. The van der Waals surface area contributed by atoms with E-state index in [1.807, 2.05) is 0 Å². The van der Waals surface area contributed by atoms with Gasteiger partial charge in [-0.1, -0.05) is 12.1 Å². The minimum atomic E-state index is -4.48. The first-order chi connectivity index (χ1) is 18.5. The lowest BCUT2D eigenvalue weighted by atomic mass is 9.95. The van der Waals surface area contributed by atoms with Crippen LogP contribution in [0.1, 0.15) is 84.6 Å². The number of nitrogens with one attached hydrogen (secondary N) is 2. The molecule has 3 aliphatic rings. The van der Waals surface area contributed by atoms with E-state index in [0.29, 0.717) is 42.9 Å². The highest BCUT2D eigenvalue weighted by Gasteiger charge is 2.49. The van der Waals surface area contributed by atoms with Crippen molar-refractivity contribution in [1.82, 2.24) is 14.8 Å². The van der Waals surface area contributed by atoms with Gasteiger partial charge in [-0.3, -0.25) is 9.59 Å². The molecule has 39 heavy (non-hydrogen) atoms. The molecular formula is C29H37F3N4O3. The normalized spacial score (nSPS) is 22.5. The van der Waals surface area contributed by atoms with Crippen molar-refractivity contribution < 1.29 is 22.7 Å². The smallest absolute Gasteiger partial charge is 0.381 e. The number of carbonyl (C=O) groups excluding carboxylic acids is 1. The van der Waals surface area contributed by atoms with Crippen LogP contribution < -0.4 is 16.2 Å². The number of nitrogens with zero attached hydrogens (tertiary/aromatic N) is 2. The van der Waals surface area contributed by atoms with E-state index >= 15 is 0 Å². The average Bonchev–Trinajstić information content (AvgIpc) is 3.66. The predicted octanol–water partition coefficient (Wildman–Crippen LogP) is 5.06. The molecule has 2 atom stereocenters. The number of carbonyl (C=O) groups is 1. The minimum Gasteiger partial charge on any atom is -0.381 e. The van der Waals surface area contributed by atoms with Gasteiger partial charge in [0.1, 0.15) is 0 Å². The Morgan fingerprint density at radius 1 is 1.18 bits per heavy atom. The van der Waals surface area contributed by atoms with Crippen molar-refractivity contribution in [2.75, 3.05) is 32.1 Å². The molecule has 2 aromatic rings. The Balaban J connectivity index is 1.44. The molecule has 2 aliphatic heterocycles. The van der Waals surface area contributed by atoms with Crippen molar-refractivity contribution in [3.05, 3.63) is 63.1 Å². The van der Waals surface area contributed by atoms with E-state index in [0.717, 1.165) is 38.3 Å². The lowest BCUT2D eigenvalue weighted by Crippen LogP contribution is -2.46. The number of anilines is 1. The molecule has 3 heterocycles. The molecular weight excluding hydrogens is 509 g/mol. The Morgan fingerprint density at radius 2 is 1.90 bits per heavy atom. The van der Waals surface area contributed by atoms with Crippen molar-refractivity contribution in [2.24, 2.45) is 0 Å². The van der Waals surface area contributed by atoms with Crippen LogP contribution in [-0.4, -0.2) is 53.8 Å². The van der Waals surface area contributed by atoms with Crippen molar-refractivity contribution in [3.63, 3.8) is 0 Å². The van der Waals surface area contributed by atoms with Crippen molar-refractivity contribution in [2.45, 2.75) is 82.2 Å². The molecule has 3 fully saturated rings. The van der Waals surface area contributed by atoms with Crippen LogP contribution in [0.3, 0.4) is 0 Å². The summed E-state index contributed by atoms with van der Waals surface area (Å²) >= 11 is 0. The van der Waals surface area contributed by atoms with Crippen LogP contribution in [-0.2, 0) is 10.9 Å². The molecule has 1 aromatic carbocycles. The lowest BCUT2D eigenvalue weighted by Gasteiger charge is -2.38. The maximum atomic E-state index is 13.7. The Hall–Kier alpha value is -2.85. The van der Waals surface area contributed by atoms with Gasteiger partial charge in [0.25, 0.3) is 11.5 Å². The SMILES string of the molecule is Cc1c([C@@H](C)NC(=O)c2cn(C3CCOCC3)c(=O)cc2NC2CCN(C)C3(CC3)C2)cccc1C(F)(F)F. The van der Waals surface area contributed by atoms with Gasteiger partial charge in [-0.15, -0.1) is 0 Å². The number of ether oxygens (including phenoxy) is 1. The van der Waals surface area contributed by atoms with E-state index in [9.17, 15) is 22.8 Å². The standard InChI is InChI=1S/C29H37F3N4O3/c1-18-22(5-4-6-24(18)29(30,31)32)19(2)33-27(38)23-17-36(21-8-13-39-14-9-21)26(37)15-25(23)34-20-7-12-35(3)28(16-20)10-11-28/h4-6,15,17,19-21,34H,7-14,16H2,1-3H3,(H,33,38)/t19-,20?/m1/s1. The zero-order valence-corrected chi connectivity index (χ0v) is 22.7. The summed E-state index contributed by atoms with van der Waals surface area (Å²) in [6, 6.07) is 4.89. The van der Waals surface area contributed by atoms with Crippen molar-refractivity contribution in [3.8, 4) is 0 Å². The minimum absolute atomic E-state index is 0.0759. The number of alkyl halides is 3. The summed E-state index contributed by atoms with van der Waals surface area (Å²) in [6.07, 6.45) is 2.60. The van der Waals surface area contributed by atoms with Gasteiger partial charge in [-0.25, -0.2) is 0 Å². The van der Waals surface area contributed by atoms with Gasteiger partial charge in [-0.05, 0) is 76.6 Å². The average molecular weight is 547 g/mol. The number of likely N-dealkylation sites (tertiary alicyclic amines) is 1. The first-order valence-electron chi connectivity index (χ1n) is 13.8. The zero-order chi connectivity index (χ0) is 27.9. The van der Waals surface area contributed by atoms with Crippen molar-refractivity contribution >= 4 is 11.6 Å². The summed E-state index contributed by atoms with van der Waals surface area (Å²) in [5.41, 5.74) is 0.580. The fourth-order valence-corrected chi connectivity index (χ4v) is 6.26. The Morgan fingerprint density at radius 3 is 2.56 bits per heavy atom. The van der Waals surface area contributed by atoms with E-state index in [1.54, 1.807) is 23.8 Å². The molecule has 10 heteroatoms. The molecule has 212 valence electrons. The van der Waals surface area contributed by atoms with Crippen LogP contribution in [0.4, 0.5) is 18.9 Å². The van der Waals surface area contributed by atoms with E-state index in [4.69, 9.17) is 4.74 Å². The van der Waals surface area contributed by atoms with Crippen molar-refractivity contribution in [1.29, 1.82) is 0 Å². The number of hydrogen-bond acceptors (Lipinski definition) is 5. The number of pyridine rings is 1. The third-order valence-corrected chi connectivity index (χ3v) is 8.84. The monoisotopic (exact) mass is 546 g/mol. The predicted molar refractivity (Wildman–Crippen MR) is 143 cm³/mol. The Bertz CT molecular complexity index is 1280. The second-order valence-corrected chi connectivity index (χ2v) is 11.4. The molecule has 1 aromatic heterocycles. The number of hydrogen-bond donors (Lipinski definition) is 2. The maximum Gasteiger partial charge on any atom is 0.416 e. The maximum absolute atomic E-state index is 13.7. The number of aromatic nitrogens is 1. The van der Waals surface area contributed by atoms with Crippen LogP contribution in [0.15, 0.2) is 35.3 Å². The molecule has 7 nitrogen and oxygen atoms in total. The summed E-state index contributed by atoms with van der Waals surface area (Å²) < 4.78 is 47.6. The summed E-state index contributed by atoms with van der Waals surface area (Å²) in [6.45, 7) is 5.12. The summed E-state index contributed by atoms with van der Waals surface area (Å²) in [5.74, 6) is -0.434. The van der Waals surface area contributed by atoms with E-state index < -0.39 is 23.7 Å². The fraction of sp³-hybridized carbons (Fsp3) is 0.586. The van der Waals surface area contributed by atoms with E-state index in [2.05, 4.69) is 22.6 Å². The van der Waals surface area contributed by atoms with E-state index in [1.165, 1.54) is 19.1 Å². The quantitative estimate of drug-likeness (QED) is 0.530. The van der Waals surface area contributed by atoms with Gasteiger partial charge < -0.3 is 24.8 Å². The van der Waals surface area contributed by atoms with Crippen LogP contribution in [0.25, 0.3) is 0 Å². The van der Waals surface area contributed by atoms with Gasteiger partial charge in [0.15, 0.2) is 0 Å². The third kappa shape index (κ3) is 5.72. The second kappa shape index (κ2) is 10.6. The molecule has 0 radical (unpaired) electrons. The summed E-state index contributed by atoms with van der Waals surface area (Å²) in [5, 5.41) is 6.40. The molecule has 0 bridgehead atoms. The fourth-order valence-electron chi connectivity index (χ4n) is 6.26. The molecule has 5 rings (SSSR count). The Labute approximate surface area is 226 Å². The Kier molecular flexibility index (Phi) is 7.54. The number of halogens is 3. The summed E-state index contributed by atoms with van der Waals surface area (Å²) in [7, 11) is 2.15. The highest BCUT2D eigenvalue weighted by Crippen LogP contribution is 2.48. The topological polar surface area (TPSA) is 75.6 Å². The second-order valence-electron chi connectivity index (χ2n) is 11.4. The number of amides is 1. The van der Waals surface area contributed by atoms with Gasteiger partial charge >= 0.3 is 6.18 Å². The van der Waals surface area contributed by atoms with Crippen LogP contribution in [0.5, 0.6) is 0 Å². The molecule has 1 spiro atoms. The molecule has 2 N–H and O–H groups in total. The van der Waals surface area contributed by atoms with Gasteiger partial charge in [0.05, 0.1) is 22.9 Å². The lowest BCUT2D eigenvalue weighted by molar-refractivity contribution is -0.138. The molecule has 1 saturated carbocycles. The molecule has 1 aliphatic carbocycles. The largest absolute Gasteiger partial charge is 0.416 e. The zero-order valence-electron chi connectivity index (χ0n) is 22.7. The highest BCUT2D eigenvalue weighted by atomic mass is 19.4. The van der Waals surface area contributed by atoms with E-state index in [-0.39, 0.29) is 28.7 Å². The molecule has 1 amide bonds. The summed E-state index contributed by atoms with van der Waals surface area (Å²) in [4.78, 5) is 29.3. The first kappa shape index (κ1) is 27.7.